The molecule has 2 aromatic carbocycles. The van der Waals surface area contributed by atoms with E-state index < -0.39 is 17.4 Å². The first kappa shape index (κ1) is 31.0. The Morgan fingerprint density at radius 1 is 0.913 bits per heavy atom. The average molecular weight is 620 g/mol. The lowest BCUT2D eigenvalue weighted by molar-refractivity contribution is -0.134. The summed E-state index contributed by atoms with van der Waals surface area (Å²) in [5, 5.41) is 0. The van der Waals surface area contributed by atoms with Crippen molar-refractivity contribution in [3.8, 4) is 0 Å². The average Bonchev–Trinajstić information content (AvgIpc) is 3.07. The number of ketones is 1. The Labute approximate surface area is 269 Å². The second-order valence-electron chi connectivity index (χ2n) is 12.0. The number of methoxy groups -OCH3 is 2. The lowest BCUT2D eigenvalue weighted by Gasteiger charge is -2.58. The second kappa shape index (κ2) is 13.2. The number of allylic oxidation sites excluding steroid dienone is 3. The van der Waals surface area contributed by atoms with Crippen molar-refractivity contribution in [3.63, 3.8) is 0 Å². The lowest BCUT2D eigenvalue weighted by atomic mass is 9.52. The van der Waals surface area contributed by atoms with Gasteiger partial charge in [0.25, 0.3) is 0 Å². The van der Waals surface area contributed by atoms with Crippen LogP contribution >= 0.6 is 0 Å². The first-order valence-corrected chi connectivity index (χ1v) is 15.4. The van der Waals surface area contributed by atoms with Crippen molar-refractivity contribution in [1.29, 1.82) is 0 Å². The molecule has 6 rings (SSSR count). The van der Waals surface area contributed by atoms with Crippen LogP contribution in [0.25, 0.3) is 12.2 Å². The van der Waals surface area contributed by atoms with E-state index in [0.29, 0.717) is 30.1 Å². The minimum atomic E-state index is -0.664. The van der Waals surface area contributed by atoms with Gasteiger partial charge in [-0.15, -0.1) is 0 Å². The summed E-state index contributed by atoms with van der Waals surface area (Å²) >= 11 is 0. The van der Waals surface area contributed by atoms with Crippen molar-refractivity contribution in [2.24, 2.45) is 11.3 Å². The summed E-state index contributed by atoms with van der Waals surface area (Å²) in [4.78, 5) is 41.9. The van der Waals surface area contributed by atoms with Crippen LogP contribution in [0.4, 0.5) is 0 Å². The van der Waals surface area contributed by atoms with Crippen LogP contribution in [0.5, 0.6) is 0 Å². The third-order valence-electron chi connectivity index (χ3n) is 9.45. The molecule has 2 aromatic rings. The number of piperidine rings is 1. The number of hydrogen-bond acceptors (Lipinski definition) is 8. The highest BCUT2D eigenvalue weighted by atomic mass is 16.6. The molecule has 1 saturated heterocycles. The number of hydrogen-bond donors (Lipinski definition) is 0. The summed E-state index contributed by atoms with van der Waals surface area (Å²) in [5.41, 5.74) is 3.51. The van der Waals surface area contributed by atoms with Crippen molar-refractivity contribution in [1.82, 2.24) is 4.90 Å². The van der Waals surface area contributed by atoms with Gasteiger partial charge < -0.3 is 23.8 Å². The Kier molecular flexibility index (Phi) is 8.90. The van der Waals surface area contributed by atoms with Gasteiger partial charge in [-0.05, 0) is 66.9 Å². The van der Waals surface area contributed by atoms with Gasteiger partial charge in [0.2, 0.25) is 0 Å². The van der Waals surface area contributed by atoms with Gasteiger partial charge in [0, 0.05) is 47.9 Å². The van der Waals surface area contributed by atoms with E-state index in [2.05, 4.69) is 11.9 Å². The minimum absolute atomic E-state index is 0.0573. The van der Waals surface area contributed by atoms with Crippen molar-refractivity contribution in [2.45, 2.75) is 31.7 Å². The molecule has 2 bridgehead atoms. The van der Waals surface area contributed by atoms with E-state index in [1.165, 1.54) is 32.6 Å². The molecule has 1 aliphatic heterocycles. The minimum Gasteiger partial charge on any atom is -0.497 e. The molecule has 1 fully saturated rings. The number of likely N-dealkylation sites (tertiary alicyclic amines) is 1. The Morgan fingerprint density at radius 3 is 2.20 bits per heavy atom. The van der Waals surface area contributed by atoms with E-state index in [4.69, 9.17) is 18.9 Å². The number of benzene rings is 2. The SMILES string of the molecule is COC1=C[C@H]2[C@H]3CC4=C(C(OC(=O)C=Cc5ccccc5)=C(OC)CC4=COC(=O)C=Cc4ccccc4)[C@@]2(CCN3C)CC1=O. The fourth-order valence-corrected chi connectivity index (χ4v) is 7.21. The molecule has 8 nitrogen and oxygen atoms in total. The maximum atomic E-state index is 13.5. The number of Topliss-reactive ketones (excluding diaryl/α,β-unsaturated/α-hetero) is 1. The summed E-state index contributed by atoms with van der Waals surface area (Å²) in [7, 11) is 5.14. The highest BCUT2D eigenvalue weighted by Crippen LogP contribution is 2.61. The third-order valence-corrected chi connectivity index (χ3v) is 9.45. The standard InChI is InChI=1S/C38H37NO7/c1-39-19-18-38-23-31(40)32(43-2)22-29(38)30(39)21-28-27(24-45-34(41)16-14-25-10-6-4-7-11-25)20-33(44-3)37(36(28)38)46-35(42)17-15-26-12-8-5-9-13-26/h4-17,22,24,29-30H,18-21,23H2,1-3H3/t29-,30+,38-/m0/s1. The molecule has 236 valence electrons. The smallest absolute Gasteiger partial charge is 0.336 e. The molecule has 0 amide bonds. The van der Waals surface area contributed by atoms with Crippen molar-refractivity contribution >= 4 is 29.9 Å². The predicted octanol–water partition coefficient (Wildman–Crippen LogP) is 6.16. The Balaban J connectivity index is 1.41. The van der Waals surface area contributed by atoms with Crippen molar-refractivity contribution < 1.29 is 33.3 Å². The van der Waals surface area contributed by atoms with Crippen LogP contribution in [0.1, 0.15) is 36.8 Å². The Bertz CT molecular complexity index is 1710. The highest BCUT2D eigenvalue weighted by molar-refractivity contribution is 5.96. The zero-order valence-corrected chi connectivity index (χ0v) is 26.2. The van der Waals surface area contributed by atoms with Gasteiger partial charge in [-0.25, -0.2) is 9.59 Å². The van der Waals surface area contributed by atoms with E-state index in [-0.39, 0.29) is 30.6 Å². The molecule has 3 atom stereocenters. The number of ether oxygens (including phenoxy) is 4. The summed E-state index contributed by atoms with van der Waals surface area (Å²) in [5.74, 6) is -0.114. The second-order valence-corrected chi connectivity index (χ2v) is 12.0. The maximum Gasteiger partial charge on any atom is 0.336 e. The molecule has 46 heavy (non-hydrogen) atoms. The predicted molar refractivity (Wildman–Crippen MR) is 173 cm³/mol. The Hall–Kier alpha value is -4.95. The molecule has 8 heteroatoms. The molecule has 4 aliphatic rings. The van der Waals surface area contributed by atoms with Crippen LogP contribution in [-0.2, 0) is 33.3 Å². The number of rotatable bonds is 8. The number of carbonyl (C=O) groups excluding carboxylic acids is 3. The molecular weight excluding hydrogens is 582 g/mol. The van der Waals surface area contributed by atoms with Crippen LogP contribution in [0.15, 0.2) is 119 Å². The molecule has 1 heterocycles. The van der Waals surface area contributed by atoms with E-state index in [9.17, 15) is 14.4 Å². The maximum absolute atomic E-state index is 13.5. The fraction of sp³-hybridized carbons (Fsp3) is 0.289. The van der Waals surface area contributed by atoms with Gasteiger partial charge in [0.05, 0.1) is 20.5 Å². The van der Waals surface area contributed by atoms with Gasteiger partial charge in [0.15, 0.2) is 17.3 Å². The summed E-state index contributed by atoms with van der Waals surface area (Å²) < 4.78 is 23.2. The number of nitrogens with zero attached hydrogens (tertiary/aromatic N) is 1. The first-order valence-electron chi connectivity index (χ1n) is 15.4. The zero-order chi connectivity index (χ0) is 32.3. The van der Waals surface area contributed by atoms with E-state index in [1.54, 1.807) is 12.2 Å². The van der Waals surface area contributed by atoms with Gasteiger partial charge >= 0.3 is 11.9 Å². The normalized spacial score (nSPS) is 25.3. The van der Waals surface area contributed by atoms with Crippen molar-refractivity contribution in [2.75, 3.05) is 27.8 Å². The lowest BCUT2D eigenvalue weighted by Crippen LogP contribution is -2.58. The quantitative estimate of drug-likeness (QED) is 0.197. The van der Waals surface area contributed by atoms with E-state index in [1.807, 2.05) is 66.7 Å². The van der Waals surface area contributed by atoms with E-state index in [0.717, 1.165) is 34.4 Å². The monoisotopic (exact) mass is 619 g/mol. The van der Waals surface area contributed by atoms with Gasteiger partial charge in [0.1, 0.15) is 5.76 Å². The molecule has 3 aliphatic carbocycles. The Morgan fingerprint density at radius 2 is 1.57 bits per heavy atom. The molecule has 0 unspecified atom stereocenters. The topological polar surface area (TPSA) is 91.4 Å². The molecule has 0 saturated carbocycles. The first-order chi connectivity index (χ1) is 22.3. The number of esters is 2. The van der Waals surface area contributed by atoms with Crippen LogP contribution in [0.3, 0.4) is 0 Å². The van der Waals surface area contributed by atoms with E-state index >= 15 is 0 Å². The highest BCUT2D eigenvalue weighted by Gasteiger charge is 2.59. The van der Waals surface area contributed by atoms with Crippen LogP contribution < -0.4 is 0 Å². The summed E-state index contributed by atoms with van der Waals surface area (Å²) in [6, 6.07) is 19.1. The fourth-order valence-electron chi connectivity index (χ4n) is 7.21. The summed E-state index contributed by atoms with van der Waals surface area (Å²) in [6.07, 6.45) is 11.3. The molecule has 0 aromatic heterocycles. The molecule has 0 radical (unpaired) electrons. The molecule has 0 N–H and O–H groups in total. The van der Waals surface area contributed by atoms with Gasteiger partial charge in [-0.2, -0.15) is 0 Å². The number of carbonyl (C=O) groups is 3. The van der Waals surface area contributed by atoms with Gasteiger partial charge in [-0.3, -0.25) is 4.79 Å². The largest absolute Gasteiger partial charge is 0.497 e. The summed E-state index contributed by atoms with van der Waals surface area (Å²) in [6.45, 7) is 0.761. The molecular formula is C38H37NO7. The van der Waals surface area contributed by atoms with Crippen LogP contribution in [0.2, 0.25) is 0 Å². The van der Waals surface area contributed by atoms with Crippen LogP contribution in [0, 0.1) is 11.3 Å². The zero-order valence-electron chi connectivity index (χ0n) is 26.2. The molecule has 0 spiro atoms. The third kappa shape index (κ3) is 6.00. The van der Waals surface area contributed by atoms with Gasteiger partial charge in [-0.1, -0.05) is 60.7 Å². The van der Waals surface area contributed by atoms with Crippen LogP contribution in [-0.4, -0.2) is 56.5 Å². The van der Waals surface area contributed by atoms with Crippen molar-refractivity contribution in [3.05, 3.63) is 130 Å².